The van der Waals surface area contributed by atoms with Gasteiger partial charge in [0, 0.05) is 23.0 Å². The van der Waals surface area contributed by atoms with Crippen LogP contribution in [0.1, 0.15) is 13.3 Å². The lowest BCUT2D eigenvalue weighted by molar-refractivity contribution is -0.122. The Morgan fingerprint density at radius 3 is 2.80 bits per heavy atom. The molecular weight excluding hydrogens is 260 g/mol. The van der Waals surface area contributed by atoms with Crippen molar-refractivity contribution < 1.29 is 9.59 Å². The molecule has 2 amide bonds. The van der Waals surface area contributed by atoms with Crippen LogP contribution in [-0.2, 0) is 9.59 Å². The van der Waals surface area contributed by atoms with Crippen LogP contribution in [0.15, 0.2) is 22.8 Å². The maximum Gasteiger partial charge on any atom is 0.238 e. The number of imide groups is 1. The molecule has 1 aromatic rings. The number of amides is 2. The Morgan fingerprint density at radius 2 is 2.27 bits per heavy atom. The van der Waals surface area contributed by atoms with Crippen LogP contribution in [0.25, 0.3) is 0 Å². The van der Waals surface area contributed by atoms with E-state index < -0.39 is 0 Å². The average molecular weight is 269 g/mol. The molecule has 5 heteroatoms. The summed E-state index contributed by atoms with van der Waals surface area (Å²) in [4.78, 5) is 28.4. The van der Waals surface area contributed by atoms with Crippen LogP contribution in [0.2, 0.25) is 0 Å². The second-order valence-corrected chi connectivity index (χ2v) is 4.42. The number of rotatable bonds is 1. The molecule has 2 heterocycles. The van der Waals surface area contributed by atoms with E-state index in [-0.39, 0.29) is 24.2 Å². The molecular formula is C10H9BrN2O2. The highest BCUT2D eigenvalue weighted by molar-refractivity contribution is 9.10. The third kappa shape index (κ3) is 1.79. The van der Waals surface area contributed by atoms with Gasteiger partial charge in [-0.1, -0.05) is 22.9 Å². The molecule has 78 valence electrons. The highest BCUT2D eigenvalue weighted by Crippen LogP contribution is 2.25. The van der Waals surface area contributed by atoms with E-state index in [9.17, 15) is 9.59 Å². The Hall–Kier alpha value is -1.23. The van der Waals surface area contributed by atoms with E-state index in [0.29, 0.717) is 5.82 Å². The Kier molecular flexibility index (Phi) is 2.56. The SMILES string of the molecule is CC1CC(=O)N(c2cc(Br)ccn2)C1=O. The zero-order chi connectivity index (χ0) is 11.0. The third-order valence-electron chi connectivity index (χ3n) is 2.31. The standard InChI is InChI=1S/C10H9BrN2O2/c1-6-4-9(14)13(10(6)15)8-5-7(11)2-3-12-8/h2-3,5-6H,4H2,1H3. The largest absolute Gasteiger partial charge is 0.274 e. The summed E-state index contributed by atoms with van der Waals surface area (Å²) in [6, 6.07) is 3.41. The number of halogens is 1. The third-order valence-corrected chi connectivity index (χ3v) is 2.80. The Labute approximate surface area is 95.4 Å². The van der Waals surface area contributed by atoms with Crippen molar-refractivity contribution in [3.63, 3.8) is 0 Å². The van der Waals surface area contributed by atoms with Crippen molar-refractivity contribution in [3.8, 4) is 0 Å². The van der Waals surface area contributed by atoms with Gasteiger partial charge in [-0.3, -0.25) is 9.59 Å². The van der Waals surface area contributed by atoms with Gasteiger partial charge in [0.1, 0.15) is 5.82 Å². The molecule has 1 aliphatic rings. The Bertz CT molecular complexity index is 433. The van der Waals surface area contributed by atoms with Crippen LogP contribution in [0.3, 0.4) is 0 Å². The number of hydrogen-bond acceptors (Lipinski definition) is 3. The molecule has 1 atom stereocenters. The molecule has 0 radical (unpaired) electrons. The van der Waals surface area contributed by atoms with Crippen LogP contribution in [0, 0.1) is 5.92 Å². The van der Waals surface area contributed by atoms with Crippen molar-refractivity contribution in [2.45, 2.75) is 13.3 Å². The summed E-state index contributed by atoms with van der Waals surface area (Å²) < 4.78 is 0.799. The number of hydrogen-bond donors (Lipinski definition) is 0. The summed E-state index contributed by atoms with van der Waals surface area (Å²) in [7, 11) is 0. The van der Waals surface area contributed by atoms with Gasteiger partial charge in [0.05, 0.1) is 0 Å². The highest BCUT2D eigenvalue weighted by atomic mass is 79.9. The fraction of sp³-hybridized carbons (Fsp3) is 0.300. The predicted molar refractivity (Wildman–Crippen MR) is 58.2 cm³/mol. The van der Waals surface area contributed by atoms with E-state index in [1.807, 2.05) is 0 Å². The van der Waals surface area contributed by atoms with Gasteiger partial charge in [-0.2, -0.15) is 0 Å². The number of carbonyl (C=O) groups is 2. The smallest absolute Gasteiger partial charge is 0.238 e. The summed E-state index contributed by atoms with van der Waals surface area (Å²) >= 11 is 3.27. The van der Waals surface area contributed by atoms with Crippen molar-refractivity contribution in [1.82, 2.24) is 4.98 Å². The minimum atomic E-state index is -0.238. The van der Waals surface area contributed by atoms with E-state index in [1.165, 1.54) is 0 Å². The van der Waals surface area contributed by atoms with Crippen molar-refractivity contribution in [2.24, 2.45) is 5.92 Å². The van der Waals surface area contributed by atoms with Crippen LogP contribution in [-0.4, -0.2) is 16.8 Å². The van der Waals surface area contributed by atoms with Gasteiger partial charge in [0.15, 0.2) is 0 Å². The minimum absolute atomic E-state index is 0.175. The number of pyridine rings is 1. The monoisotopic (exact) mass is 268 g/mol. The summed E-state index contributed by atoms with van der Waals surface area (Å²) in [5.74, 6) is -0.203. The maximum absolute atomic E-state index is 11.7. The lowest BCUT2D eigenvalue weighted by atomic mass is 10.1. The zero-order valence-corrected chi connectivity index (χ0v) is 9.69. The average Bonchev–Trinajstić information content (AvgIpc) is 2.41. The molecule has 1 aromatic heterocycles. The highest BCUT2D eigenvalue weighted by Gasteiger charge is 2.37. The molecule has 0 bridgehead atoms. The van der Waals surface area contributed by atoms with E-state index in [1.54, 1.807) is 25.3 Å². The van der Waals surface area contributed by atoms with Crippen molar-refractivity contribution in [3.05, 3.63) is 22.8 Å². The number of anilines is 1. The number of nitrogens with zero attached hydrogens (tertiary/aromatic N) is 2. The molecule has 0 aliphatic carbocycles. The van der Waals surface area contributed by atoms with Gasteiger partial charge < -0.3 is 0 Å². The van der Waals surface area contributed by atoms with Crippen LogP contribution < -0.4 is 4.90 Å². The van der Waals surface area contributed by atoms with E-state index in [2.05, 4.69) is 20.9 Å². The van der Waals surface area contributed by atoms with E-state index >= 15 is 0 Å². The lowest BCUT2D eigenvalue weighted by Gasteiger charge is -2.12. The van der Waals surface area contributed by atoms with Gasteiger partial charge in [0.2, 0.25) is 11.8 Å². The van der Waals surface area contributed by atoms with Crippen molar-refractivity contribution >= 4 is 33.6 Å². The molecule has 2 rings (SSSR count). The van der Waals surface area contributed by atoms with Crippen LogP contribution in [0.5, 0.6) is 0 Å². The summed E-state index contributed by atoms with van der Waals surface area (Å²) in [5, 5.41) is 0. The second-order valence-electron chi connectivity index (χ2n) is 3.50. The molecule has 0 saturated carbocycles. The summed E-state index contributed by atoms with van der Waals surface area (Å²) in [6.45, 7) is 1.75. The van der Waals surface area contributed by atoms with Crippen molar-refractivity contribution in [2.75, 3.05) is 4.90 Å². The predicted octanol–water partition coefficient (Wildman–Crippen LogP) is 1.74. The van der Waals surface area contributed by atoms with Crippen LogP contribution >= 0.6 is 15.9 Å². The molecule has 1 saturated heterocycles. The maximum atomic E-state index is 11.7. The Morgan fingerprint density at radius 1 is 1.53 bits per heavy atom. The molecule has 1 fully saturated rings. The van der Waals surface area contributed by atoms with E-state index in [4.69, 9.17) is 0 Å². The van der Waals surface area contributed by atoms with Gasteiger partial charge in [-0.05, 0) is 12.1 Å². The first-order chi connectivity index (χ1) is 7.09. The van der Waals surface area contributed by atoms with Gasteiger partial charge >= 0.3 is 0 Å². The molecule has 15 heavy (non-hydrogen) atoms. The molecule has 1 unspecified atom stereocenters. The summed E-state index contributed by atoms with van der Waals surface area (Å²) in [5.41, 5.74) is 0. The number of carbonyl (C=O) groups excluding carboxylic acids is 2. The van der Waals surface area contributed by atoms with Crippen molar-refractivity contribution in [1.29, 1.82) is 0 Å². The molecule has 0 N–H and O–H groups in total. The molecule has 1 aliphatic heterocycles. The van der Waals surface area contributed by atoms with Gasteiger partial charge in [-0.15, -0.1) is 0 Å². The fourth-order valence-corrected chi connectivity index (χ4v) is 1.86. The minimum Gasteiger partial charge on any atom is -0.274 e. The first-order valence-electron chi connectivity index (χ1n) is 4.58. The quantitative estimate of drug-likeness (QED) is 0.730. The molecule has 4 nitrogen and oxygen atoms in total. The summed E-state index contributed by atoms with van der Waals surface area (Å²) in [6.07, 6.45) is 1.83. The van der Waals surface area contributed by atoms with Gasteiger partial charge in [0.25, 0.3) is 0 Å². The second kappa shape index (κ2) is 3.73. The molecule has 0 spiro atoms. The number of aromatic nitrogens is 1. The molecule has 0 aromatic carbocycles. The first-order valence-corrected chi connectivity index (χ1v) is 5.37. The zero-order valence-electron chi connectivity index (χ0n) is 8.11. The van der Waals surface area contributed by atoms with Crippen LogP contribution in [0.4, 0.5) is 5.82 Å². The fourth-order valence-electron chi connectivity index (χ4n) is 1.54. The first kappa shape index (κ1) is 10.3. The van der Waals surface area contributed by atoms with Gasteiger partial charge in [-0.25, -0.2) is 9.88 Å². The topological polar surface area (TPSA) is 50.3 Å². The lowest BCUT2D eigenvalue weighted by Crippen LogP contribution is -2.30. The normalized spacial score (nSPS) is 21.2. The van der Waals surface area contributed by atoms with E-state index in [0.717, 1.165) is 9.37 Å². The Balaban J connectivity index is 2.39.